The second-order valence-corrected chi connectivity index (χ2v) is 9.08. The number of imidazole rings is 1. The predicted octanol–water partition coefficient (Wildman–Crippen LogP) is 4.82. The predicted molar refractivity (Wildman–Crippen MR) is 117 cm³/mol. The lowest BCUT2D eigenvalue weighted by Gasteiger charge is -2.31. The van der Waals surface area contributed by atoms with Crippen molar-refractivity contribution in [1.82, 2.24) is 19.4 Å². The molecule has 6 heteroatoms. The summed E-state index contributed by atoms with van der Waals surface area (Å²) in [5.74, 6) is 0.636. The van der Waals surface area contributed by atoms with E-state index in [0.717, 1.165) is 48.2 Å². The summed E-state index contributed by atoms with van der Waals surface area (Å²) >= 11 is 1.49. The number of carbonyl (C=O) groups is 1. The maximum atomic E-state index is 12.9. The van der Waals surface area contributed by atoms with E-state index >= 15 is 0 Å². The number of aromatic nitrogens is 3. The molecular weight excluding hydrogens is 380 g/mol. The van der Waals surface area contributed by atoms with Gasteiger partial charge in [0.15, 0.2) is 5.01 Å². The van der Waals surface area contributed by atoms with E-state index in [1.807, 2.05) is 35.5 Å². The first-order chi connectivity index (χ1) is 14.1. The molecule has 148 valence electrons. The Morgan fingerprint density at radius 2 is 1.86 bits per heavy atom. The quantitative estimate of drug-likeness (QED) is 0.492. The Bertz CT molecular complexity index is 1170. The van der Waals surface area contributed by atoms with E-state index < -0.39 is 0 Å². The van der Waals surface area contributed by atoms with Gasteiger partial charge in [-0.2, -0.15) is 0 Å². The molecule has 0 unspecified atom stereocenters. The average Bonchev–Trinajstić information content (AvgIpc) is 3.33. The molecule has 1 aliphatic rings. The number of hydrogen-bond acceptors (Lipinski definition) is 4. The van der Waals surface area contributed by atoms with Crippen LogP contribution in [0.4, 0.5) is 0 Å². The molecule has 2 aromatic heterocycles. The van der Waals surface area contributed by atoms with Gasteiger partial charge in [0.1, 0.15) is 0 Å². The molecule has 1 saturated heterocycles. The van der Waals surface area contributed by atoms with Gasteiger partial charge in [0.25, 0.3) is 5.91 Å². The van der Waals surface area contributed by atoms with Crippen molar-refractivity contribution < 1.29 is 4.79 Å². The van der Waals surface area contributed by atoms with E-state index in [1.54, 1.807) is 0 Å². The van der Waals surface area contributed by atoms with Crippen molar-refractivity contribution in [1.29, 1.82) is 0 Å². The summed E-state index contributed by atoms with van der Waals surface area (Å²) in [6.07, 6.45) is 3.99. The maximum absolute atomic E-state index is 12.9. The van der Waals surface area contributed by atoms with Crippen LogP contribution in [-0.4, -0.2) is 38.4 Å². The summed E-state index contributed by atoms with van der Waals surface area (Å²) < 4.78 is 3.35. The number of piperidine rings is 1. The second-order valence-electron chi connectivity index (χ2n) is 8.04. The molecule has 1 amide bonds. The monoisotopic (exact) mass is 404 g/mol. The van der Waals surface area contributed by atoms with E-state index in [2.05, 4.69) is 40.5 Å². The average molecular weight is 405 g/mol. The smallest absolute Gasteiger partial charge is 0.282 e. The van der Waals surface area contributed by atoms with Crippen LogP contribution in [0.15, 0.2) is 42.7 Å². The Balaban J connectivity index is 1.26. The minimum atomic E-state index is 0.0730. The lowest BCUT2D eigenvalue weighted by molar-refractivity contribution is 0.0683. The fraction of sp³-hybridized carbons (Fsp3) is 0.348. The topological polar surface area (TPSA) is 51.0 Å². The molecule has 0 spiro atoms. The molecule has 1 aliphatic heterocycles. The van der Waals surface area contributed by atoms with E-state index in [1.165, 1.54) is 28.0 Å². The number of amides is 1. The molecule has 29 heavy (non-hydrogen) atoms. The van der Waals surface area contributed by atoms with Crippen LogP contribution in [0.1, 0.15) is 33.8 Å². The van der Waals surface area contributed by atoms with E-state index in [9.17, 15) is 4.79 Å². The zero-order valence-electron chi connectivity index (χ0n) is 16.8. The molecule has 3 heterocycles. The van der Waals surface area contributed by atoms with Crippen molar-refractivity contribution in [2.24, 2.45) is 5.92 Å². The van der Waals surface area contributed by atoms with Gasteiger partial charge in [-0.1, -0.05) is 12.1 Å². The summed E-state index contributed by atoms with van der Waals surface area (Å²) in [5, 5.41) is 0.607. The van der Waals surface area contributed by atoms with Crippen LogP contribution in [0.2, 0.25) is 0 Å². The molecular formula is C23H24N4OS. The third kappa shape index (κ3) is 3.42. The highest BCUT2D eigenvalue weighted by Crippen LogP contribution is 2.27. The molecule has 2 aromatic carbocycles. The standard InChI is InChI=1S/C23H24N4OS/c1-15-11-19-20(12-16(15)2)27(14-24-19)13-17-7-9-26(10-8-17)23(28)22-25-18-5-3-4-6-21(18)29-22/h3-6,11-12,14,17H,7-10,13H2,1-2H3. The van der Waals surface area contributed by atoms with Crippen molar-refractivity contribution >= 4 is 38.5 Å². The summed E-state index contributed by atoms with van der Waals surface area (Å²) in [7, 11) is 0. The Morgan fingerprint density at radius 3 is 2.66 bits per heavy atom. The van der Waals surface area contributed by atoms with Crippen molar-refractivity contribution in [2.45, 2.75) is 33.2 Å². The third-order valence-electron chi connectivity index (χ3n) is 6.07. The Kier molecular flexibility index (Phi) is 4.59. The SMILES string of the molecule is Cc1cc2ncn(CC3CCN(C(=O)c4nc5ccccc5s4)CC3)c2cc1C. The van der Waals surface area contributed by atoms with Gasteiger partial charge in [-0.3, -0.25) is 4.79 Å². The second kappa shape index (κ2) is 7.26. The van der Waals surface area contributed by atoms with Crippen molar-refractivity contribution in [3.63, 3.8) is 0 Å². The summed E-state index contributed by atoms with van der Waals surface area (Å²) in [4.78, 5) is 24.0. The fourth-order valence-electron chi connectivity index (χ4n) is 4.15. The molecule has 0 radical (unpaired) electrons. The maximum Gasteiger partial charge on any atom is 0.282 e. The van der Waals surface area contributed by atoms with Gasteiger partial charge in [0.05, 0.1) is 27.6 Å². The number of rotatable bonds is 3. The molecule has 4 aromatic rings. The number of carbonyl (C=O) groups excluding carboxylic acids is 1. The van der Waals surface area contributed by atoms with Crippen LogP contribution in [0, 0.1) is 19.8 Å². The largest absolute Gasteiger partial charge is 0.337 e. The molecule has 0 aliphatic carbocycles. The first-order valence-electron chi connectivity index (χ1n) is 10.2. The lowest BCUT2D eigenvalue weighted by atomic mass is 9.96. The third-order valence-corrected chi connectivity index (χ3v) is 7.09. The molecule has 1 fully saturated rings. The number of likely N-dealkylation sites (tertiary alicyclic amines) is 1. The van der Waals surface area contributed by atoms with Crippen LogP contribution in [0.5, 0.6) is 0 Å². The molecule has 0 saturated carbocycles. The number of nitrogens with zero attached hydrogens (tertiary/aromatic N) is 4. The van der Waals surface area contributed by atoms with Crippen molar-refractivity contribution in [2.75, 3.05) is 13.1 Å². The molecule has 0 bridgehead atoms. The highest BCUT2D eigenvalue weighted by atomic mass is 32.1. The molecule has 5 nitrogen and oxygen atoms in total. The first kappa shape index (κ1) is 18.3. The number of fused-ring (bicyclic) bond motifs is 2. The van der Waals surface area contributed by atoms with Crippen LogP contribution in [0.3, 0.4) is 0 Å². The van der Waals surface area contributed by atoms with Crippen LogP contribution in [-0.2, 0) is 6.54 Å². The first-order valence-corrected chi connectivity index (χ1v) is 11.0. The van der Waals surface area contributed by atoms with Gasteiger partial charge in [0.2, 0.25) is 0 Å². The van der Waals surface area contributed by atoms with Crippen LogP contribution < -0.4 is 0 Å². The summed E-state index contributed by atoms with van der Waals surface area (Å²) in [6.45, 7) is 6.83. The number of benzene rings is 2. The van der Waals surface area contributed by atoms with E-state index in [0.29, 0.717) is 10.9 Å². The highest BCUT2D eigenvalue weighted by molar-refractivity contribution is 7.20. The van der Waals surface area contributed by atoms with Crippen LogP contribution >= 0.6 is 11.3 Å². The number of hydrogen-bond donors (Lipinski definition) is 0. The number of thiazole rings is 1. The fourth-order valence-corrected chi connectivity index (χ4v) is 5.09. The van der Waals surface area contributed by atoms with Gasteiger partial charge >= 0.3 is 0 Å². The summed E-state index contributed by atoms with van der Waals surface area (Å²) in [5.41, 5.74) is 5.77. The minimum Gasteiger partial charge on any atom is -0.337 e. The number of para-hydroxylation sites is 1. The Morgan fingerprint density at radius 1 is 1.10 bits per heavy atom. The molecule has 0 N–H and O–H groups in total. The van der Waals surface area contributed by atoms with Crippen molar-refractivity contribution in [3.05, 3.63) is 58.9 Å². The lowest BCUT2D eigenvalue weighted by Crippen LogP contribution is -2.39. The van der Waals surface area contributed by atoms with Crippen LogP contribution in [0.25, 0.3) is 21.3 Å². The Hall–Kier alpha value is -2.73. The van der Waals surface area contributed by atoms with E-state index in [4.69, 9.17) is 0 Å². The zero-order chi connectivity index (χ0) is 20.0. The van der Waals surface area contributed by atoms with Gasteiger partial charge in [-0.05, 0) is 68.0 Å². The highest BCUT2D eigenvalue weighted by Gasteiger charge is 2.26. The zero-order valence-corrected chi connectivity index (χ0v) is 17.6. The normalized spacial score (nSPS) is 15.4. The number of aryl methyl sites for hydroxylation is 2. The molecule has 5 rings (SSSR count). The van der Waals surface area contributed by atoms with E-state index in [-0.39, 0.29) is 5.91 Å². The summed E-state index contributed by atoms with van der Waals surface area (Å²) in [6, 6.07) is 12.3. The van der Waals surface area contributed by atoms with Gasteiger partial charge < -0.3 is 9.47 Å². The molecule has 0 atom stereocenters. The van der Waals surface area contributed by atoms with Gasteiger partial charge in [0, 0.05) is 19.6 Å². The van der Waals surface area contributed by atoms with Crippen molar-refractivity contribution in [3.8, 4) is 0 Å². The Labute approximate surface area is 174 Å². The van der Waals surface area contributed by atoms with Gasteiger partial charge in [-0.25, -0.2) is 9.97 Å². The minimum absolute atomic E-state index is 0.0730. The van der Waals surface area contributed by atoms with Gasteiger partial charge in [-0.15, -0.1) is 11.3 Å².